The first-order valence-corrected chi connectivity index (χ1v) is 8.51. The van der Waals surface area contributed by atoms with Crippen molar-refractivity contribution in [3.05, 3.63) is 62.0 Å². The fraction of sp³-hybridized carbons (Fsp3) is 0.235. The summed E-state index contributed by atoms with van der Waals surface area (Å²) < 4.78 is 1.81. The van der Waals surface area contributed by atoms with Crippen LogP contribution < -0.4 is 4.90 Å². The monoisotopic (exact) mass is 407 g/mol. The number of anilines is 1. The first-order valence-electron chi connectivity index (χ1n) is 6.93. The average molecular weight is 409 g/mol. The maximum absolute atomic E-state index is 12.9. The SMILES string of the molecule is Cc1cccc2c1N(C(=O)c1cc(Br)cc(Br)c1)CCC2. The van der Waals surface area contributed by atoms with Gasteiger partial charge in [-0.2, -0.15) is 0 Å². The summed E-state index contributed by atoms with van der Waals surface area (Å²) in [5, 5.41) is 0. The molecule has 4 heteroatoms. The molecule has 1 heterocycles. The average Bonchev–Trinajstić information content (AvgIpc) is 2.45. The minimum atomic E-state index is 0.0623. The number of benzene rings is 2. The Morgan fingerprint density at radius 2 is 1.86 bits per heavy atom. The highest BCUT2D eigenvalue weighted by Crippen LogP contribution is 2.32. The number of nitrogens with zero attached hydrogens (tertiary/aromatic N) is 1. The van der Waals surface area contributed by atoms with Crippen molar-refractivity contribution in [1.82, 2.24) is 0 Å². The molecule has 0 radical (unpaired) electrons. The number of aryl methyl sites for hydroxylation is 2. The van der Waals surface area contributed by atoms with Gasteiger partial charge in [-0.3, -0.25) is 4.79 Å². The van der Waals surface area contributed by atoms with Crippen LogP contribution in [0.15, 0.2) is 45.3 Å². The van der Waals surface area contributed by atoms with Gasteiger partial charge in [-0.15, -0.1) is 0 Å². The molecule has 0 unspecified atom stereocenters. The van der Waals surface area contributed by atoms with E-state index in [4.69, 9.17) is 0 Å². The summed E-state index contributed by atoms with van der Waals surface area (Å²) in [5.41, 5.74) is 4.22. The van der Waals surface area contributed by atoms with Crippen molar-refractivity contribution in [2.75, 3.05) is 11.4 Å². The van der Waals surface area contributed by atoms with Crippen LogP contribution in [0.25, 0.3) is 0 Å². The number of halogens is 2. The van der Waals surface area contributed by atoms with Gasteiger partial charge in [-0.05, 0) is 49.1 Å². The van der Waals surface area contributed by atoms with E-state index in [1.54, 1.807) is 0 Å². The summed E-state index contributed by atoms with van der Waals surface area (Å²) in [6.07, 6.45) is 2.06. The number of hydrogen-bond donors (Lipinski definition) is 0. The molecule has 0 aliphatic carbocycles. The fourth-order valence-electron chi connectivity index (χ4n) is 2.88. The van der Waals surface area contributed by atoms with Crippen LogP contribution in [0.4, 0.5) is 5.69 Å². The molecule has 0 spiro atoms. The van der Waals surface area contributed by atoms with Crippen molar-refractivity contribution >= 4 is 43.5 Å². The molecule has 108 valence electrons. The highest BCUT2D eigenvalue weighted by Gasteiger charge is 2.25. The molecule has 21 heavy (non-hydrogen) atoms. The standard InChI is InChI=1S/C17H15Br2NO/c1-11-4-2-5-12-6-3-7-20(16(11)12)17(21)13-8-14(18)10-15(19)9-13/h2,4-5,8-10H,3,6-7H2,1H3. The van der Waals surface area contributed by atoms with E-state index in [2.05, 4.69) is 57.0 Å². The predicted molar refractivity (Wildman–Crippen MR) is 93.0 cm³/mol. The molecule has 1 aliphatic rings. The quantitative estimate of drug-likeness (QED) is 0.641. The molecule has 0 atom stereocenters. The maximum Gasteiger partial charge on any atom is 0.258 e. The van der Waals surface area contributed by atoms with Crippen molar-refractivity contribution in [3.63, 3.8) is 0 Å². The van der Waals surface area contributed by atoms with Gasteiger partial charge in [0.25, 0.3) is 5.91 Å². The Hall–Kier alpha value is -1.13. The second-order valence-electron chi connectivity index (χ2n) is 5.30. The number of carbonyl (C=O) groups is 1. The molecule has 2 nitrogen and oxygen atoms in total. The third kappa shape index (κ3) is 2.92. The van der Waals surface area contributed by atoms with Gasteiger partial charge >= 0.3 is 0 Å². The Labute approximate surface area is 141 Å². The largest absolute Gasteiger partial charge is 0.308 e. The molecule has 1 amide bonds. The lowest BCUT2D eigenvalue weighted by Crippen LogP contribution is -2.36. The van der Waals surface area contributed by atoms with Crippen LogP contribution in [-0.4, -0.2) is 12.5 Å². The summed E-state index contributed by atoms with van der Waals surface area (Å²) in [4.78, 5) is 14.8. The predicted octanol–water partition coefficient (Wildman–Crippen LogP) is 5.11. The first kappa shape index (κ1) is 14.8. The molecule has 0 saturated carbocycles. The molecule has 2 aromatic carbocycles. The lowest BCUT2D eigenvalue weighted by molar-refractivity contribution is 0.0985. The molecule has 1 aliphatic heterocycles. The van der Waals surface area contributed by atoms with Gasteiger partial charge in [-0.25, -0.2) is 0 Å². The lowest BCUT2D eigenvalue weighted by atomic mass is 9.97. The Morgan fingerprint density at radius 3 is 2.57 bits per heavy atom. The van der Waals surface area contributed by atoms with Crippen molar-refractivity contribution in [2.45, 2.75) is 19.8 Å². The van der Waals surface area contributed by atoms with Gasteiger partial charge in [-0.1, -0.05) is 50.1 Å². The molecule has 0 bridgehead atoms. The summed E-state index contributed by atoms with van der Waals surface area (Å²) >= 11 is 6.90. The first-order chi connectivity index (χ1) is 10.1. The van der Waals surface area contributed by atoms with Gasteiger partial charge in [0.15, 0.2) is 0 Å². The van der Waals surface area contributed by atoms with E-state index < -0.39 is 0 Å². The summed E-state index contributed by atoms with van der Waals surface area (Å²) in [7, 11) is 0. The van der Waals surface area contributed by atoms with E-state index in [1.165, 1.54) is 5.56 Å². The molecule has 2 aromatic rings. The smallest absolute Gasteiger partial charge is 0.258 e. The van der Waals surface area contributed by atoms with E-state index in [1.807, 2.05) is 23.1 Å². The third-order valence-corrected chi connectivity index (χ3v) is 4.69. The van der Waals surface area contributed by atoms with E-state index in [-0.39, 0.29) is 5.91 Å². The van der Waals surface area contributed by atoms with Crippen molar-refractivity contribution < 1.29 is 4.79 Å². The molecule has 3 rings (SSSR count). The van der Waals surface area contributed by atoms with Crippen LogP contribution in [0, 0.1) is 6.92 Å². The molecule has 0 fully saturated rings. The number of para-hydroxylation sites is 1. The van der Waals surface area contributed by atoms with Gasteiger partial charge in [0.1, 0.15) is 0 Å². The molecule has 0 aromatic heterocycles. The maximum atomic E-state index is 12.9. The highest BCUT2D eigenvalue weighted by atomic mass is 79.9. The van der Waals surface area contributed by atoms with Gasteiger partial charge in [0.2, 0.25) is 0 Å². The van der Waals surface area contributed by atoms with Crippen molar-refractivity contribution in [3.8, 4) is 0 Å². The number of rotatable bonds is 1. The zero-order chi connectivity index (χ0) is 15.0. The minimum absolute atomic E-state index is 0.0623. The molecular weight excluding hydrogens is 394 g/mol. The van der Waals surface area contributed by atoms with E-state index in [0.717, 1.165) is 39.6 Å². The Morgan fingerprint density at radius 1 is 1.14 bits per heavy atom. The van der Waals surface area contributed by atoms with Crippen LogP contribution in [-0.2, 0) is 6.42 Å². The van der Waals surface area contributed by atoms with Crippen LogP contribution in [0.5, 0.6) is 0 Å². The minimum Gasteiger partial charge on any atom is -0.308 e. The zero-order valence-electron chi connectivity index (χ0n) is 11.7. The lowest BCUT2D eigenvalue weighted by Gasteiger charge is -2.31. The normalized spacial score (nSPS) is 14.0. The van der Waals surface area contributed by atoms with Crippen LogP contribution in [0.1, 0.15) is 27.9 Å². The second kappa shape index (κ2) is 5.93. The van der Waals surface area contributed by atoms with Gasteiger partial charge in [0.05, 0.1) is 5.69 Å². The van der Waals surface area contributed by atoms with E-state index in [0.29, 0.717) is 5.56 Å². The summed E-state index contributed by atoms with van der Waals surface area (Å²) in [5.74, 6) is 0.0623. The third-order valence-electron chi connectivity index (χ3n) is 3.77. The van der Waals surface area contributed by atoms with Crippen LogP contribution in [0.3, 0.4) is 0 Å². The molecule has 0 saturated heterocycles. The zero-order valence-corrected chi connectivity index (χ0v) is 14.9. The molecule has 0 N–H and O–H groups in total. The highest BCUT2D eigenvalue weighted by molar-refractivity contribution is 9.11. The van der Waals surface area contributed by atoms with Crippen LogP contribution in [0.2, 0.25) is 0 Å². The van der Waals surface area contributed by atoms with E-state index >= 15 is 0 Å². The Balaban J connectivity index is 2.04. The Kier molecular flexibility index (Phi) is 4.18. The number of hydrogen-bond acceptors (Lipinski definition) is 1. The number of amides is 1. The van der Waals surface area contributed by atoms with Crippen molar-refractivity contribution in [1.29, 1.82) is 0 Å². The van der Waals surface area contributed by atoms with Crippen molar-refractivity contribution in [2.24, 2.45) is 0 Å². The fourth-order valence-corrected chi connectivity index (χ4v) is 4.18. The molecular formula is C17H15Br2NO. The van der Waals surface area contributed by atoms with Gasteiger partial charge in [0, 0.05) is 21.1 Å². The summed E-state index contributed by atoms with van der Waals surface area (Å²) in [6.45, 7) is 2.85. The van der Waals surface area contributed by atoms with E-state index in [9.17, 15) is 4.79 Å². The summed E-state index contributed by atoms with van der Waals surface area (Å²) in [6, 6.07) is 11.9. The number of fused-ring (bicyclic) bond motifs is 1. The van der Waals surface area contributed by atoms with Gasteiger partial charge < -0.3 is 4.90 Å². The number of carbonyl (C=O) groups excluding carboxylic acids is 1. The topological polar surface area (TPSA) is 20.3 Å². The van der Waals surface area contributed by atoms with Crippen LogP contribution >= 0.6 is 31.9 Å². The second-order valence-corrected chi connectivity index (χ2v) is 7.13. The Bertz CT molecular complexity index is 692.